The third kappa shape index (κ3) is 2.70. The molecule has 0 radical (unpaired) electrons. The first-order valence-corrected chi connectivity index (χ1v) is 3.90. The van der Waals surface area contributed by atoms with Gasteiger partial charge >= 0.3 is 0 Å². The molecule has 0 saturated carbocycles. The van der Waals surface area contributed by atoms with Crippen molar-refractivity contribution < 1.29 is 0 Å². The van der Waals surface area contributed by atoms with Crippen LogP contribution in [0.25, 0.3) is 0 Å². The van der Waals surface area contributed by atoms with Gasteiger partial charge in [-0.15, -0.1) is 0 Å². The van der Waals surface area contributed by atoms with Gasteiger partial charge in [-0.3, -0.25) is 5.41 Å². The van der Waals surface area contributed by atoms with Crippen molar-refractivity contribution >= 4 is 11.8 Å². The summed E-state index contributed by atoms with van der Waals surface area (Å²) in [6.07, 6.45) is 3.78. The molecule has 1 aromatic heterocycles. The van der Waals surface area contributed by atoms with E-state index in [1.807, 2.05) is 19.0 Å². The minimum Gasteiger partial charge on any atom is -0.387 e. The second-order valence-electron chi connectivity index (χ2n) is 2.99. The molecule has 5 nitrogen and oxygen atoms in total. The highest BCUT2D eigenvalue weighted by Crippen LogP contribution is 2.02. The van der Waals surface area contributed by atoms with E-state index in [-0.39, 0.29) is 5.84 Å². The van der Waals surface area contributed by atoms with E-state index in [0.29, 0.717) is 12.4 Å². The standard InChI is InChI=1S/C8H13N5/c1-13(2)8-11-4-6(5-12-8)3-7(9)10/h4-5H,3H2,1-2H3,(H3,9,10). The van der Waals surface area contributed by atoms with Gasteiger partial charge < -0.3 is 10.6 Å². The first-order valence-electron chi connectivity index (χ1n) is 3.90. The second kappa shape index (κ2) is 3.84. The summed E-state index contributed by atoms with van der Waals surface area (Å²) in [5.74, 6) is 0.786. The lowest BCUT2D eigenvalue weighted by Gasteiger charge is -2.09. The van der Waals surface area contributed by atoms with Crippen LogP contribution in [0, 0.1) is 5.41 Å². The van der Waals surface area contributed by atoms with Crippen LogP contribution < -0.4 is 10.6 Å². The molecule has 0 bridgehead atoms. The summed E-state index contributed by atoms with van der Waals surface area (Å²) in [6.45, 7) is 0. The van der Waals surface area contributed by atoms with Crippen molar-refractivity contribution in [2.45, 2.75) is 6.42 Å². The summed E-state index contributed by atoms with van der Waals surface area (Å²) in [5, 5.41) is 7.08. The van der Waals surface area contributed by atoms with Crippen LogP contribution in [0.15, 0.2) is 12.4 Å². The predicted octanol–water partition coefficient (Wildman–Crippen LogP) is 0.0211. The van der Waals surface area contributed by atoms with Crippen LogP contribution in [0.1, 0.15) is 5.56 Å². The maximum absolute atomic E-state index is 7.08. The van der Waals surface area contributed by atoms with E-state index in [1.165, 1.54) is 0 Å². The molecule has 0 aliphatic heterocycles. The van der Waals surface area contributed by atoms with Gasteiger partial charge in [0, 0.05) is 32.9 Å². The lowest BCUT2D eigenvalue weighted by molar-refractivity contribution is 0.981. The van der Waals surface area contributed by atoms with Crippen molar-refractivity contribution in [1.29, 1.82) is 5.41 Å². The van der Waals surface area contributed by atoms with Gasteiger partial charge in [-0.1, -0.05) is 0 Å². The van der Waals surface area contributed by atoms with Crippen LogP contribution in [0.4, 0.5) is 5.95 Å². The van der Waals surface area contributed by atoms with E-state index in [9.17, 15) is 0 Å². The van der Waals surface area contributed by atoms with Crippen LogP contribution in [0.5, 0.6) is 0 Å². The van der Waals surface area contributed by atoms with Crippen molar-refractivity contribution in [3.63, 3.8) is 0 Å². The molecular formula is C8H13N5. The topological polar surface area (TPSA) is 78.9 Å². The summed E-state index contributed by atoms with van der Waals surface area (Å²) in [7, 11) is 3.75. The van der Waals surface area contributed by atoms with E-state index in [1.54, 1.807) is 12.4 Å². The van der Waals surface area contributed by atoms with Crippen LogP contribution in [-0.2, 0) is 6.42 Å². The fourth-order valence-corrected chi connectivity index (χ4v) is 0.890. The van der Waals surface area contributed by atoms with Crippen molar-refractivity contribution in [2.75, 3.05) is 19.0 Å². The average molecular weight is 179 g/mol. The number of aromatic nitrogens is 2. The Balaban J connectivity index is 2.75. The Kier molecular flexibility index (Phi) is 2.79. The number of hydrogen-bond donors (Lipinski definition) is 2. The van der Waals surface area contributed by atoms with Gasteiger partial charge in [0.05, 0.1) is 5.84 Å². The van der Waals surface area contributed by atoms with Crippen molar-refractivity contribution in [3.8, 4) is 0 Å². The van der Waals surface area contributed by atoms with E-state index in [0.717, 1.165) is 5.56 Å². The maximum atomic E-state index is 7.08. The molecule has 70 valence electrons. The highest BCUT2D eigenvalue weighted by Gasteiger charge is 1.99. The van der Waals surface area contributed by atoms with E-state index >= 15 is 0 Å². The Morgan fingerprint density at radius 1 is 1.46 bits per heavy atom. The molecule has 13 heavy (non-hydrogen) atoms. The smallest absolute Gasteiger partial charge is 0.224 e. The molecule has 0 aliphatic rings. The number of nitrogens with two attached hydrogens (primary N) is 1. The molecule has 0 aliphatic carbocycles. The number of hydrogen-bond acceptors (Lipinski definition) is 4. The summed E-state index contributed by atoms with van der Waals surface area (Å²) in [5.41, 5.74) is 6.10. The summed E-state index contributed by atoms with van der Waals surface area (Å²) in [4.78, 5) is 10.0. The lowest BCUT2D eigenvalue weighted by atomic mass is 10.2. The number of rotatable bonds is 3. The average Bonchev–Trinajstić information content (AvgIpc) is 2.04. The Hall–Kier alpha value is -1.65. The molecule has 0 saturated heterocycles. The molecule has 0 fully saturated rings. The number of nitrogens with one attached hydrogen (secondary N) is 1. The summed E-state index contributed by atoms with van der Waals surface area (Å²) in [6, 6.07) is 0. The van der Waals surface area contributed by atoms with E-state index in [4.69, 9.17) is 11.1 Å². The Bertz CT molecular complexity index is 290. The third-order valence-electron chi connectivity index (χ3n) is 1.49. The molecule has 0 aromatic carbocycles. The number of anilines is 1. The van der Waals surface area contributed by atoms with Crippen molar-refractivity contribution in [3.05, 3.63) is 18.0 Å². The quantitative estimate of drug-likeness (QED) is 0.506. The fourth-order valence-electron chi connectivity index (χ4n) is 0.890. The molecule has 3 N–H and O–H groups in total. The zero-order valence-corrected chi connectivity index (χ0v) is 7.78. The van der Waals surface area contributed by atoms with Gasteiger partial charge in [0.15, 0.2) is 0 Å². The summed E-state index contributed by atoms with van der Waals surface area (Å²) < 4.78 is 0. The number of amidine groups is 1. The van der Waals surface area contributed by atoms with Crippen LogP contribution in [0.3, 0.4) is 0 Å². The Labute approximate surface area is 77.1 Å². The lowest BCUT2D eigenvalue weighted by Crippen LogP contribution is -2.15. The number of nitrogens with zero attached hydrogens (tertiary/aromatic N) is 3. The zero-order chi connectivity index (χ0) is 9.84. The van der Waals surface area contributed by atoms with Gasteiger partial charge in [-0.25, -0.2) is 9.97 Å². The molecule has 1 heterocycles. The van der Waals surface area contributed by atoms with E-state index < -0.39 is 0 Å². The Morgan fingerprint density at radius 2 is 2.00 bits per heavy atom. The SMILES string of the molecule is CN(C)c1ncc(CC(=N)N)cn1. The zero-order valence-electron chi connectivity index (χ0n) is 7.78. The minimum absolute atomic E-state index is 0.126. The summed E-state index contributed by atoms with van der Waals surface area (Å²) >= 11 is 0. The second-order valence-corrected chi connectivity index (χ2v) is 2.99. The normalized spacial score (nSPS) is 9.69. The van der Waals surface area contributed by atoms with Crippen LogP contribution >= 0.6 is 0 Å². The predicted molar refractivity (Wildman–Crippen MR) is 52.0 cm³/mol. The van der Waals surface area contributed by atoms with Crippen molar-refractivity contribution in [2.24, 2.45) is 5.73 Å². The molecule has 0 atom stereocenters. The first kappa shape index (κ1) is 9.44. The van der Waals surface area contributed by atoms with Crippen LogP contribution in [0.2, 0.25) is 0 Å². The minimum atomic E-state index is 0.126. The highest BCUT2D eigenvalue weighted by molar-refractivity contribution is 5.79. The molecule has 0 spiro atoms. The van der Waals surface area contributed by atoms with Gasteiger partial charge in [0.2, 0.25) is 5.95 Å². The largest absolute Gasteiger partial charge is 0.387 e. The molecule has 1 rings (SSSR count). The van der Waals surface area contributed by atoms with Gasteiger partial charge in [-0.05, 0) is 5.56 Å². The van der Waals surface area contributed by atoms with Gasteiger partial charge in [0.1, 0.15) is 0 Å². The van der Waals surface area contributed by atoms with Gasteiger partial charge in [-0.2, -0.15) is 0 Å². The third-order valence-corrected chi connectivity index (χ3v) is 1.49. The van der Waals surface area contributed by atoms with Gasteiger partial charge in [0.25, 0.3) is 0 Å². The fraction of sp³-hybridized carbons (Fsp3) is 0.375. The monoisotopic (exact) mass is 179 g/mol. The first-order chi connectivity index (χ1) is 6.09. The molecule has 5 heteroatoms. The van der Waals surface area contributed by atoms with Crippen LogP contribution in [-0.4, -0.2) is 29.9 Å². The van der Waals surface area contributed by atoms with Crippen molar-refractivity contribution in [1.82, 2.24) is 9.97 Å². The molecule has 1 aromatic rings. The molecule has 0 unspecified atom stereocenters. The highest BCUT2D eigenvalue weighted by atomic mass is 15.2. The molecular weight excluding hydrogens is 166 g/mol. The van der Waals surface area contributed by atoms with E-state index in [2.05, 4.69) is 9.97 Å². The maximum Gasteiger partial charge on any atom is 0.224 e. The molecule has 0 amide bonds. The Morgan fingerprint density at radius 3 is 2.38 bits per heavy atom.